The SMILES string of the molecule is CCCCCCCCCCCCCCCC(=O)O[C@H](COC(=O)CCC/C=C\C/C=C\C/C=C\C/C=C\CC(O)CCC)COP(=O)(O)OC1[C@H](O)[C@H](O)C(O)[C@H](O)[C@H]1O. The van der Waals surface area contributed by atoms with Crippen molar-refractivity contribution in [3.63, 3.8) is 0 Å². The van der Waals surface area contributed by atoms with Gasteiger partial charge in [0.05, 0.1) is 12.7 Å². The summed E-state index contributed by atoms with van der Waals surface area (Å²) in [6.45, 7) is 3.04. The lowest BCUT2D eigenvalue weighted by Crippen LogP contribution is -2.64. The molecule has 60 heavy (non-hydrogen) atoms. The molecule has 1 fully saturated rings. The van der Waals surface area contributed by atoms with E-state index in [1.807, 2.05) is 18.2 Å². The van der Waals surface area contributed by atoms with E-state index in [4.69, 9.17) is 18.5 Å². The molecule has 0 radical (unpaired) electrons. The van der Waals surface area contributed by atoms with Gasteiger partial charge in [0.15, 0.2) is 6.10 Å². The first-order valence-electron chi connectivity index (χ1n) is 22.5. The predicted octanol–water partition coefficient (Wildman–Crippen LogP) is 7.36. The molecule has 0 bridgehead atoms. The molecule has 1 aliphatic rings. The minimum atomic E-state index is -5.13. The largest absolute Gasteiger partial charge is 0.472 e. The predicted molar refractivity (Wildman–Crippen MR) is 232 cm³/mol. The van der Waals surface area contributed by atoms with Gasteiger partial charge in [-0.1, -0.05) is 146 Å². The highest BCUT2D eigenvalue weighted by Gasteiger charge is 2.51. The summed E-state index contributed by atoms with van der Waals surface area (Å²) in [5.41, 5.74) is 0. The Hall–Kier alpha value is -2.23. The Morgan fingerprint density at radius 3 is 1.58 bits per heavy atom. The average Bonchev–Trinajstić information content (AvgIpc) is 3.22. The molecule has 348 valence electrons. The van der Waals surface area contributed by atoms with E-state index < -0.39 is 75.7 Å². The van der Waals surface area contributed by atoms with Crippen molar-refractivity contribution in [2.24, 2.45) is 0 Å². The van der Waals surface area contributed by atoms with Gasteiger partial charge in [0.25, 0.3) is 0 Å². The van der Waals surface area contributed by atoms with Gasteiger partial charge < -0.3 is 45.0 Å². The average molecular weight is 875 g/mol. The van der Waals surface area contributed by atoms with Crippen molar-refractivity contribution >= 4 is 19.8 Å². The standard InChI is InChI=1S/C45H79O14P/c1-3-5-6-7-8-9-10-12-17-20-23-26-29-33-39(48)58-37(35-57-60(54,55)59-45-43(52)41(50)40(49)42(51)44(45)53)34-56-38(47)32-28-25-22-19-16-14-11-13-15-18-21-24-27-31-36(46)30-4-2/h11,14-15,18-19,22,24,27,36-37,40-46,49-53H,3-10,12-13,16-17,20-21,23,25-26,28-35H2,1-2H3,(H,54,55)/b14-11-,18-15-,22-19-,27-24-/t36?,37-,40?,41-,42+,43-,44-,45?/m1/s1. The quantitative estimate of drug-likeness (QED) is 0.0141. The van der Waals surface area contributed by atoms with E-state index in [2.05, 4.69) is 44.2 Å². The summed E-state index contributed by atoms with van der Waals surface area (Å²) in [4.78, 5) is 35.6. The minimum absolute atomic E-state index is 0.0764. The van der Waals surface area contributed by atoms with Crippen LogP contribution in [-0.2, 0) is 32.7 Å². The maximum atomic E-state index is 12.8. The zero-order valence-corrected chi connectivity index (χ0v) is 37.2. The van der Waals surface area contributed by atoms with Crippen LogP contribution in [0.5, 0.6) is 0 Å². The fourth-order valence-electron chi connectivity index (χ4n) is 6.59. The van der Waals surface area contributed by atoms with Crippen molar-refractivity contribution in [3.8, 4) is 0 Å². The molecule has 14 nitrogen and oxygen atoms in total. The molecule has 1 rings (SSSR count). The molecular formula is C45H79O14P. The Kier molecular flexibility index (Phi) is 32.8. The van der Waals surface area contributed by atoms with Crippen molar-refractivity contribution in [2.75, 3.05) is 13.2 Å². The summed E-state index contributed by atoms with van der Waals surface area (Å²) in [6, 6.07) is 0. The number of carbonyl (C=O) groups is 2. The van der Waals surface area contributed by atoms with Crippen LogP contribution in [0.15, 0.2) is 48.6 Å². The van der Waals surface area contributed by atoms with Gasteiger partial charge in [-0.2, -0.15) is 0 Å². The second-order valence-corrected chi connectivity index (χ2v) is 17.1. The second kappa shape index (κ2) is 35.3. The number of aliphatic hydroxyl groups is 6. The third-order valence-corrected chi connectivity index (χ3v) is 11.2. The van der Waals surface area contributed by atoms with Gasteiger partial charge in [-0.25, -0.2) is 4.57 Å². The van der Waals surface area contributed by atoms with E-state index in [1.54, 1.807) is 0 Å². The molecule has 0 aromatic carbocycles. The molecule has 15 heteroatoms. The molecule has 0 heterocycles. The van der Waals surface area contributed by atoms with E-state index in [9.17, 15) is 49.7 Å². The Morgan fingerprint density at radius 2 is 1.05 bits per heavy atom. The van der Waals surface area contributed by atoms with Crippen LogP contribution in [0.2, 0.25) is 0 Å². The van der Waals surface area contributed by atoms with Crippen LogP contribution in [0.4, 0.5) is 0 Å². The van der Waals surface area contributed by atoms with Gasteiger partial charge in [0.1, 0.15) is 43.2 Å². The molecular weight excluding hydrogens is 795 g/mol. The maximum absolute atomic E-state index is 12.8. The fourth-order valence-corrected chi connectivity index (χ4v) is 7.56. The Morgan fingerprint density at radius 1 is 0.583 bits per heavy atom. The fraction of sp³-hybridized carbons (Fsp3) is 0.778. The zero-order chi connectivity index (χ0) is 44.4. The van der Waals surface area contributed by atoms with Crippen molar-refractivity contribution in [1.82, 2.24) is 0 Å². The van der Waals surface area contributed by atoms with Crippen molar-refractivity contribution in [3.05, 3.63) is 48.6 Å². The Bertz CT molecular complexity index is 1260. The number of hydrogen-bond donors (Lipinski definition) is 7. The molecule has 9 atom stereocenters. The Balaban J connectivity index is 2.52. The van der Waals surface area contributed by atoms with Crippen LogP contribution in [0.1, 0.15) is 162 Å². The van der Waals surface area contributed by atoms with E-state index >= 15 is 0 Å². The third kappa shape index (κ3) is 27.7. The van der Waals surface area contributed by atoms with Crippen LogP contribution in [0, 0.1) is 0 Å². The zero-order valence-electron chi connectivity index (χ0n) is 36.4. The monoisotopic (exact) mass is 875 g/mol. The molecule has 0 aromatic rings. The Labute approximate surface area is 359 Å². The van der Waals surface area contributed by atoms with Crippen LogP contribution < -0.4 is 0 Å². The lowest BCUT2D eigenvalue weighted by molar-refractivity contribution is -0.220. The summed E-state index contributed by atoms with van der Waals surface area (Å²) < 4.78 is 33.4. The molecule has 0 aliphatic heterocycles. The van der Waals surface area contributed by atoms with Crippen LogP contribution in [-0.4, -0.2) is 110 Å². The number of allylic oxidation sites excluding steroid dienone is 7. The van der Waals surface area contributed by atoms with E-state index in [-0.39, 0.29) is 18.9 Å². The van der Waals surface area contributed by atoms with E-state index in [1.165, 1.54) is 51.4 Å². The van der Waals surface area contributed by atoms with Gasteiger partial charge in [-0.15, -0.1) is 0 Å². The summed E-state index contributed by atoms with van der Waals surface area (Å²) in [6.07, 6.45) is 23.8. The summed E-state index contributed by atoms with van der Waals surface area (Å²) in [5, 5.41) is 59.8. The van der Waals surface area contributed by atoms with Gasteiger partial charge >= 0.3 is 19.8 Å². The van der Waals surface area contributed by atoms with Crippen molar-refractivity contribution in [2.45, 2.75) is 210 Å². The van der Waals surface area contributed by atoms with E-state index in [0.29, 0.717) is 25.7 Å². The van der Waals surface area contributed by atoms with Crippen LogP contribution >= 0.6 is 7.82 Å². The number of esters is 2. The van der Waals surface area contributed by atoms with E-state index in [0.717, 1.165) is 57.8 Å². The number of aliphatic hydroxyl groups excluding tert-OH is 6. The van der Waals surface area contributed by atoms with Gasteiger partial charge in [-0.05, 0) is 51.4 Å². The number of carbonyl (C=O) groups excluding carboxylic acids is 2. The number of phosphoric acid groups is 1. The number of ether oxygens (including phenoxy) is 2. The van der Waals surface area contributed by atoms with Crippen molar-refractivity contribution in [1.29, 1.82) is 0 Å². The normalized spacial score (nSPS) is 23.1. The molecule has 1 aliphatic carbocycles. The molecule has 0 amide bonds. The lowest BCUT2D eigenvalue weighted by atomic mass is 9.85. The smallest absolute Gasteiger partial charge is 0.462 e. The van der Waals surface area contributed by atoms with Crippen LogP contribution in [0.25, 0.3) is 0 Å². The van der Waals surface area contributed by atoms with Crippen LogP contribution in [0.3, 0.4) is 0 Å². The molecule has 1 saturated carbocycles. The minimum Gasteiger partial charge on any atom is -0.462 e. The first-order valence-corrected chi connectivity index (χ1v) is 24.0. The van der Waals surface area contributed by atoms with Gasteiger partial charge in [0.2, 0.25) is 0 Å². The lowest BCUT2D eigenvalue weighted by Gasteiger charge is -2.41. The summed E-state index contributed by atoms with van der Waals surface area (Å²) in [7, 11) is -5.13. The maximum Gasteiger partial charge on any atom is 0.472 e. The highest BCUT2D eigenvalue weighted by molar-refractivity contribution is 7.47. The number of rotatable bonds is 36. The molecule has 0 spiro atoms. The second-order valence-electron chi connectivity index (χ2n) is 15.7. The first kappa shape index (κ1) is 55.8. The summed E-state index contributed by atoms with van der Waals surface area (Å²) in [5.74, 6) is -1.19. The highest BCUT2D eigenvalue weighted by Crippen LogP contribution is 2.47. The topological polar surface area (TPSA) is 230 Å². The molecule has 0 saturated heterocycles. The number of hydrogen-bond acceptors (Lipinski definition) is 13. The highest BCUT2D eigenvalue weighted by atomic mass is 31.2. The molecule has 7 N–H and O–H groups in total. The third-order valence-electron chi connectivity index (χ3n) is 10.2. The first-order chi connectivity index (χ1) is 28.8. The molecule has 4 unspecified atom stereocenters. The number of unbranched alkanes of at least 4 members (excludes halogenated alkanes) is 13. The van der Waals surface area contributed by atoms with Gasteiger partial charge in [0, 0.05) is 12.8 Å². The number of phosphoric ester groups is 1. The van der Waals surface area contributed by atoms with Gasteiger partial charge in [-0.3, -0.25) is 18.6 Å². The summed E-state index contributed by atoms with van der Waals surface area (Å²) >= 11 is 0. The molecule has 0 aromatic heterocycles. The van der Waals surface area contributed by atoms with Crippen molar-refractivity contribution < 1.29 is 68.2 Å².